The molecule has 0 N–H and O–H groups in total. The Morgan fingerprint density at radius 2 is 2.19 bits per heavy atom. The molecule has 4 nitrogen and oxygen atoms in total. The normalized spacial score (nSPS) is 18.5. The minimum absolute atomic E-state index is 0.668. The SMILES string of the molecule is CN(Cc1cnn(-c2ccc(Cl)cc2)c1)CC1CCOC1. The summed E-state index contributed by atoms with van der Waals surface area (Å²) in [7, 11) is 2.15. The Morgan fingerprint density at radius 3 is 2.90 bits per heavy atom. The molecule has 21 heavy (non-hydrogen) atoms. The number of ether oxygens (including phenoxy) is 1. The zero-order chi connectivity index (χ0) is 14.7. The van der Waals surface area contributed by atoms with Gasteiger partial charge in [-0.05, 0) is 43.7 Å². The van der Waals surface area contributed by atoms with E-state index >= 15 is 0 Å². The van der Waals surface area contributed by atoms with E-state index in [0.29, 0.717) is 5.92 Å². The molecular formula is C16H20ClN3O. The first kappa shape index (κ1) is 14.6. The Labute approximate surface area is 130 Å². The topological polar surface area (TPSA) is 30.3 Å². The van der Waals surface area contributed by atoms with E-state index in [2.05, 4.69) is 23.2 Å². The van der Waals surface area contributed by atoms with Crippen LogP contribution in [-0.4, -0.2) is 41.5 Å². The monoisotopic (exact) mass is 305 g/mol. The molecule has 0 radical (unpaired) electrons. The van der Waals surface area contributed by atoms with Gasteiger partial charge in [0.05, 0.1) is 18.5 Å². The maximum Gasteiger partial charge on any atom is 0.0646 e. The Kier molecular flexibility index (Phi) is 4.58. The lowest BCUT2D eigenvalue weighted by Gasteiger charge is -2.18. The van der Waals surface area contributed by atoms with E-state index in [-0.39, 0.29) is 0 Å². The summed E-state index contributed by atoms with van der Waals surface area (Å²) in [6, 6.07) is 7.70. The van der Waals surface area contributed by atoms with Gasteiger partial charge in [0.1, 0.15) is 0 Å². The molecule has 1 aromatic carbocycles. The molecule has 0 amide bonds. The van der Waals surface area contributed by atoms with Gasteiger partial charge in [0.2, 0.25) is 0 Å². The van der Waals surface area contributed by atoms with Crippen molar-refractivity contribution in [3.63, 3.8) is 0 Å². The zero-order valence-electron chi connectivity index (χ0n) is 12.2. The molecule has 112 valence electrons. The molecule has 5 heteroatoms. The summed E-state index contributed by atoms with van der Waals surface area (Å²) < 4.78 is 7.31. The van der Waals surface area contributed by atoms with Crippen LogP contribution in [0, 0.1) is 5.92 Å². The number of hydrogen-bond acceptors (Lipinski definition) is 3. The van der Waals surface area contributed by atoms with Gasteiger partial charge in [0, 0.05) is 36.5 Å². The van der Waals surface area contributed by atoms with Crippen LogP contribution >= 0.6 is 11.6 Å². The van der Waals surface area contributed by atoms with E-state index in [9.17, 15) is 0 Å². The second-order valence-corrected chi connectivity index (χ2v) is 6.13. The van der Waals surface area contributed by atoms with Crippen LogP contribution in [0.4, 0.5) is 0 Å². The van der Waals surface area contributed by atoms with E-state index in [1.54, 1.807) is 0 Å². The van der Waals surface area contributed by atoms with Gasteiger partial charge >= 0.3 is 0 Å². The van der Waals surface area contributed by atoms with Crippen molar-refractivity contribution in [1.29, 1.82) is 0 Å². The third-order valence-corrected chi connectivity index (χ3v) is 4.03. The minimum atomic E-state index is 0.668. The molecule has 0 spiro atoms. The quantitative estimate of drug-likeness (QED) is 0.851. The van der Waals surface area contributed by atoms with Crippen molar-refractivity contribution < 1.29 is 4.74 Å². The van der Waals surface area contributed by atoms with Gasteiger partial charge in [0.15, 0.2) is 0 Å². The second kappa shape index (κ2) is 6.60. The highest BCUT2D eigenvalue weighted by atomic mass is 35.5. The van der Waals surface area contributed by atoms with Crippen molar-refractivity contribution in [3.05, 3.63) is 47.2 Å². The molecule has 1 atom stereocenters. The van der Waals surface area contributed by atoms with Gasteiger partial charge in [-0.25, -0.2) is 4.68 Å². The third kappa shape index (κ3) is 3.84. The van der Waals surface area contributed by atoms with Crippen molar-refractivity contribution in [2.24, 2.45) is 5.92 Å². The first-order chi connectivity index (χ1) is 10.2. The first-order valence-corrected chi connectivity index (χ1v) is 7.64. The Hall–Kier alpha value is -1.36. The molecular weight excluding hydrogens is 286 g/mol. The predicted molar refractivity (Wildman–Crippen MR) is 83.8 cm³/mol. The third-order valence-electron chi connectivity index (χ3n) is 3.77. The lowest BCUT2D eigenvalue weighted by Crippen LogP contribution is -2.25. The van der Waals surface area contributed by atoms with Crippen LogP contribution in [-0.2, 0) is 11.3 Å². The van der Waals surface area contributed by atoms with Gasteiger partial charge in [-0.15, -0.1) is 0 Å². The summed E-state index contributed by atoms with van der Waals surface area (Å²) in [4.78, 5) is 2.34. The number of aromatic nitrogens is 2. The molecule has 0 saturated carbocycles. The molecule has 1 aliphatic rings. The number of nitrogens with zero attached hydrogens (tertiary/aromatic N) is 3. The standard InChI is InChI=1S/C16H20ClN3O/c1-19(9-13-6-7-21-12-13)10-14-8-18-20(11-14)16-4-2-15(17)3-5-16/h2-5,8,11,13H,6-7,9-10,12H2,1H3. The number of halogens is 1. The Morgan fingerprint density at radius 1 is 1.38 bits per heavy atom. The highest BCUT2D eigenvalue weighted by molar-refractivity contribution is 6.30. The molecule has 1 fully saturated rings. The Bertz CT molecular complexity index is 575. The van der Waals surface area contributed by atoms with Crippen LogP contribution in [0.2, 0.25) is 5.02 Å². The van der Waals surface area contributed by atoms with Gasteiger partial charge in [-0.1, -0.05) is 11.6 Å². The summed E-state index contributed by atoms with van der Waals surface area (Å²) >= 11 is 5.91. The lowest BCUT2D eigenvalue weighted by molar-refractivity contribution is 0.173. The van der Waals surface area contributed by atoms with Gasteiger partial charge in [0.25, 0.3) is 0 Å². The molecule has 1 aliphatic heterocycles. The van der Waals surface area contributed by atoms with Gasteiger partial charge in [-0.2, -0.15) is 5.10 Å². The van der Waals surface area contributed by atoms with Crippen LogP contribution in [0.5, 0.6) is 0 Å². The van der Waals surface area contributed by atoms with Crippen LogP contribution in [0.25, 0.3) is 5.69 Å². The van der Waals surface area contributed by atoms with E-state index in [1.165, 1.54) is 12.0 Å². The average molecular weight is 306 g/mol. The minimum Gasteiger partial charge on any atom is -0.381 e. The van der Waals surface area contributed by atoms with E-state index in [1.807, 2.05) is 35.1 Å². The van der Waals surface area contributed by atoms with Crippen molar-refractivity contribution in [2.75, 3.05) is 26.8 Å². The van der Waals surface area contributed by atoms with Crippen molar-refractivity contribution in [3.8, 4) is 5.69 Å². The summed E-state index contributed by atoms with van der Waals surface area (Å²) in [5.41, 5.74) is 2.24. The average Bonchev–Trinajstić information content (AvgIpc) is 3.11. The molecule has 0 bridgehead atoms. The first-order valence-electron chi connectivity index (χ1n) is 7.26. The van der Waals surface area contributed by atoms with Crippen molar-refractivity contribution in [2.45, 2.75) is 13.0 Å². The van der Waals surface area contributed by atoms with Crippen LogP contribution in [0.1, 0.15) is 12.0 Å². The van der Waals surface area contributed by atoms with Crippen molar-refractivity contribution >= 4 is 11.6 Å². The summed E-state index contributed by atoms with van der Waals surface area (Å²) in [5.74, 6) is 0.668. The maximum atomic E-state index is 5.91. The number of rotatable bonds is 5. The highest BCUT2D eigenvalue weighted by Crippen LogP contribution is 2.16. The van der Waals surface area contributed by atoms with Crippen LogP contribution in [0.15, 0.2) is 36.7 Å². The predicted octanol–water partition coefficient (Wildman–Crippen LogP) is 2.99. The second-order valence-electron chi connectivity index (χ2n) is 5.70. The molecule has 1 saturated heterocycles. The number of benzene rings is 1. The molecule has 0 aliphatic carbocycles. The largest absolute Gasteiger partial charge is 0.381 e. The molecule has 3 rings (SSSR count). The summed E-state index contributed by atoms with van der Waals surface area (Å²) in [6.07, 6.45) is 5.18. The maximum absolute atomic E-state index is 5.91. The fourth-order valence-electron chi connectivity index (χ4n) is 2.72. The molecule has 2 aromatic rings. The van der Waals surface area contributed by atoms with E-state index in [0.717, 1.165) is 37.0 Å². The molecule has 2 heterocycles. The highest BCUT2D eigenvalue weighted by Gasteiger charge is 2.17. The van der Waals surface area contributed by atoms with E-state index < -0.39 is 0 Å². The molecule has 1 unspecified atom stereocenters. The fraction of sp³-hybridized carbons (Fsp3) is 0.438. The number of hydrogen-bond donors (Lipinski definition) is 0. The van der Waals surface area contributed by atoms with Gasteiger partial charge < -0.3 is 9.64 Å². The lowest BCUT2D eigenvalue weighted by atomic mass is 10.1. The van der Waals surface area contributed by atoms with Crippen LogP contribution in [0.3, 0.4) is 0 Å². The van der Waals surface area contributed by atoms with Crippen molar-refractivity contribution in [1.82, 2.24) is 14.7 Å². The zero-order valence-corrected chi connectivity index (χ0v) is 13.0. The smallest absolute Gasteiger partial charge is 0.0646 e. The fourth-order valence-corrected chi connectivity index (χ4v) is 2.85. The van der Waals surface area contributed by atoms with Crippen LogP contribution < -0.4 is 0 Å². The van der Waals surface area contributed by atoms with E-state index in [4.69, 9.17) is 16.3 Å². The Balaban J connectivity index is 1.60. The molecule has 1 aromatic heterocycles. The summed E-state index contributed by atoms with van der Waals surface area (Å²) in [6.45, 7) is 3.79. The summed E-state index contributed by atoms with van der Waals surface area (Å²) in [5, 5.41) is 5.16. The van der Waals surface area contributed by atoms with Gasteiger partial charge in [-0.3, -0.25) is 0 Å².